The van der Waals surface area contributed by atoms with Gasteiger partial charge in [-0.2, -0.15) is 0 Å². The van der Waals surface area contributed by atoms with Crippen LogP contribution in [0.15, 0.2) is 46.3 Å². The third kappa shape index (κ3) is 2.43. The Bertz CT molecular complexity index is 754. The lowest BCUT2D eigenvalue weighted by molar-refractivity contribution is 0.622. The van der Waals surface area contributed by atoms with Crippen LogP contribution in [-0.2, 0) is 0 Å². The molecule has 5 heteroatoms. The lowest BCUT2D eigenvalue weighted by Gasteiger charge is -2.10. The van der Waals surface area contributed by atoms with Crippen LogP contribution in [0.3, 0.4) is 0 Å². The standard InChI is InChI=1S/C14H10BrFN2S/c15-10-6-12(17)13(7-11(10)16)18-9-1-2-14-8(5-9)3-4-19-14/h1-7,18H,17H2. The molecule has 0 atom stereocenters. The molecule has 0 amide bonds. The fourth-order valence-electron chi connectivity index (χ4n) is 1.87. The zero-order chi connectivity index (χ0) is 13.4. The minimum Gasteiger partial charge on any atom is -0.397 e. The second kappa shape index (κ2) is 4.83. The normalized spacial score (nSPS) is 10.8. The highest BCUT2D eigenvalue weighted by molar-refractivity contribution is 9.10. The molecule has 0 radical (unpaired) electrons. The number of nitrogens with one attached hydrogen (secondary N) is 1. The molecule has 0 aliphatic rings. The Hall–Kier alpha value is -1.59. The number of hydrogen-bond acceptors (Lipinski definition) is 3. The number of nitrogens with two attached hydrogens (primary N) is 1. The minimum absolute atomic E-state index is 0.340. The molecule has 1 heterocycles. The lowest BCUT2D eigenvalue weighted by Crippen LogP contribution is -1.97. The molecular weight excluding hydrogens is 327 g/mol. The Labute approximate surface area is 122 Å². The summed E-state index contributed by atoms with van der Waals surface area (Å²) in [5, 5.41) is 6.34. The molecule has 1 aromatic heterocycles. The average molecular weight is 337 g/mol. The van der Waals surface area contributed by atoms with E-state index in [2.05, 4.69) is 27.3 Å². The predicted molar refractivity (Wildman–Crippen MR) is 83.6 cm³/mol. The number of nitrogen functional groups attached to an aromatic ring is 1. The van der Waals surface area contributed by atoms with Crippen LogP contribution in [0.4, 0.5) is 21.5 Å². The van der Waals surface area contributed by atoms with Crippen molar-refractivity contribution in [3.05, 3.63) is 52.1 Å². The average Bonchev–Trinajstić information content (AvgIpc) is 2.83. The van der Waals surface area contributed by atoms with Gasteiger partial charge in [-0.05, 0) is 57.0 Å². The number of fused-ring (bicyclic) bond motifs is 1. The lowest BCUT2D eigenvalue weighted by atomic mass is 10.2. The summed E-state index contributed by atoms with van der Waals surface area (Å²) in [6, 6.07) is 11.0. The Morgan fingerprint density at radius 1 is 1.16 bits per heavy atom. The summed E-state index contributed by atoms with van der Waals surface area (Å²) in [5.74, 6) is -0.340. The fourth-order valence-corrected chi connectivity index (χ4v) is 3.00. The SMILES string of the molecule is Nc1cc(Br)c(F)cc1Nc1ccc2sccc2c1. The van der Waals surface area contributed by atoms with Crippen molar-refractivity contribution in [1.29, 1.82) is 0 Å². The molecular formula is C14H10BrFN2S. The van der Waals surface area contributed by atoms with Gasteiger partial charge < -0.3 is 11.1 Å². The van der Waals surface area contributed by atoms with Gasteiger partial charge in [-0.15, -0.1) is 11.3 Å². The largest absolute Gasteiger partial charge is 0.397 e. The Morgan fingerprint density at radius 3 is 2.84 bits per heavy atom. The van der Waals surface area contributed by atoms with Gasteiger partial charge in [0, 0.05) is 16.5 Å². The van der Waals surface area contributed by atoms with E-state index < -0.39 is 0 Å². The van der Waals surface area contributed by atoms with Crippen molar-refractivity contribution in [2.24, 2.45) is 0 Å². The highest BCUT2D eigenvalue weighted by Gasteiger charge is 2.06. The summed E-state index contributed by atoms with van der Waals surface area (Å²) in [6.07, 6.45) is 0. The highest BCUT2D eigenvalue weighted by Crippen LogP contribution is 2.31. The van der Waals surface area contributed by atoms with Crippen LogP contribution in [0.2, 0.25) is 0 Å². The van der Waals surface area contributed by atoms with Gasteiger partial charge in [-0.1, -0.05) is 0 Å². The number of hydrogen-bond donors (Lipinski definition) is 2. The molecule has 96 valence electrons. The van der Waals surface area contributed by atoms with Gasteiger partial charge >= 0.3 is 0 Å². The van der Waals surface area contributed by atoms with Gasteiger partial charge in [-0.3, -0.25) is 0 Å². The monoisotopic (exact) mass is 336 g/mol. The molecule has 3 aromatic rings. The third-order valence-corrected chi connectivity index (χ3v) is 4.33. The first-order valence-electron chi connectivity index (χ1n) is 5.62. The smallest absolute Gasteiger partial charge is 0.139 e. The molecule has 0 spiro atoms. The van der Waals surface area contributed by atoms with E-state index in [1.54, 1.807) is 17.4 Å². The van der Waals surface area contributed by atoms with Gasteiger partial charge in [0.1, 0.15) is 5.82 Å². The molecule has 0 aliphatic carbocycles. The van der Waals surface area contributed by atoms with Crippen molar-refractivity contribution in [2.45, 2.75) is 0 Å². The highest BCUT2D eigenvalue weighted by atomic mass is 79.9. The summed E-state index contributed by atoms with van der Waals surface area (Å²) >= 11 is 4.80. The fraction of sp³-hybridized carbons (Fsp3) is 0. The van der Waals surface area contributed by atoms with E-state index in [1.165, 1.54) is 10.8 Å². The third-order valence-electron chi connectivity index (χ3n) is 2.82. The molecule has 0 bridgehead atoms. The number of benzene rings is 2. The van der Waals surface area contributed by atoms with Crippen molar-refractivity contribution in [3.8, 4) is 0 Å². The molecule has 3 N–H and O–H groups in total. The van der Waals surface area contributed by atoms with E-state index in [0.717, 1.165) is 11.1 Å². The Morgan fingerprint density at radius 2 is 2.00 bits per heavy atom. The molecule has 0 unspecified atom stereocenters. The van der Waals surface area contributed by atoms with E-state index in [0.29, 0.717) is 15.8 Å². The summed E-state index contributed by atoms with van der Waals surface area (Å²) < 4.78 is 15.1. The second-order valence-corrected chi connectivity index (χ2v) is 5.95. The maximum absolute atomic E-state index is 13.5. The van der Waals surface area contributed by atoms with E-state index in [4.69, 9.17) is 5.73 Å². The minimum atomic E-state index is -0.340. The van der Waals surface area contributed by atoms with E-state index in [9.17, 15) is 4.39 Å². The van der Waals surface area contributed by atoms with Crippen LogP contribution >= 0.6 is 27.3 Å². The molecule has 0 fully saturated rings. The predicted octanol–water partition coefficient (Wildman–Crippen LogP) is 5.13. The maximum Gasteiger partial charge on any atom is 0.139 e. The first-order valence-corrected chi connectivity index (χ1v) is 7.29. The van der Waals surface area contributed by atoms with E-state index in [-0.39, 0.29) is 5.82 Å². The summed E-state index contributed by atoms with van der Waals surface area (Å²) in [5.41, 5.74) is 7.83. The Kier molecular flexibility index (Phi) is 3.16. The van der Waals surface area contributed by atoms with Crippen LogP contribution in [0.1, 0.15) is 0 Å². The van der Waals surface area contributed by atoms with Crippen LogP contribution in [0.25, 0.3) is 10.1 Å². The molecule has 19 heavy (non-hydrogen) atoms. The van der Waals surface area contributed by atoms with Crippen LogP contribution in [-0.4, -0.2) is 0 Å². The van der Waals surface area contributed by atoms with Crippen molar-refractivity contribution in [1.82, 2.24) is 0 Å². The molecule has 0 saturated carbocycles. The van der Waals surface area contributed by atoms with Gasteiger partial charge in [0.25, 0.3) is 0 Å². The first-order chi connectivity index (χ1) is 9.13. The molecule has 3 rings (SSSR count). The maximum atomic E-state index is 13.5. The number of thiophene rings is 1. The molecule has 0 aliphatic heterocycles. The van der Waals surface area contributed by atoms with Crippen molar-refractivity contribution in [3.63, 3.8) is 0 Å². The summed E-state index contributed by atoms with van der Waals surface area (Å²) in [4.78, 5) is 0. The zero-order valence-electron chi connectivity index (χ0n) is 9.78. The summed E-state index contributed by atoms with van der Waals surface area (Å²) in [6.45, 7) is 0. The van der Waals surface area contributed by atoms with Crippen LogP contribution in [0.5, 0.6) is 0 Å². The van der Waals surface area contributed by atoms with E-state index >= 15 is 0 Å². The van der Waals surface area contributed by atoms with E-state index in [1.807, 2.05) is 23.6 Å². The number of rotatable bonds is 2. The topological polar surface area (TPSA) is 38.0 Å². The molecule has 0 saturated heterocycles. The summed E-state index contributed by atoms with van der Waals surface area (Å²) in [7, 11) is 0. The quantitative estimate of drug-likeness (QED) is 0.636. The van der Waals surface area contributed by atoms with Gasteiger partial charge in [0.05, 0.1) is 15.8 Å². The zero-order valence-corrected chi connectivity index (χ0v) is 12.2. The number of anilines is 3. The Balaban J connectivity index is 1.98. The van der Waals surface area contributed by atoms with Gasteiger partial charge in [-0.25, -0.2) is 4.39 Å². The van der Waals surface area contributed by atoms with Crippen LogP contribution < -0.4 is 11.1 Å². The van der Waals surface area contributed by atoms with Gasteiger partial charge in [0.2, 0.25) is 0 Å². The van der Waals surface area contributed by atoms with Crippen molar-refractivity contribution >= 4 is 54.4 Å². The van der Waals surface area contributed by atoms with Crippen LogP contribution in [0, 0.1) is 5.82 Å². The van der Waals surface area contributed by atoms with Crippen molar-refractivity contribution < 1.29 is 4.39 Å². The van der Waals surface area contributed by atoms with Gasteiger partial charge in [0.15, 0.2) is 0 Å². The number of halogens is 2. The van der Waals surface area contributed by atoms with Crippen molar-refractivity contribution in [2.75, 3.05) is 11.1 Å². The molecule has 2 aromatic carbocycles. The first kappa shape index (κ1) is 12.4. The second-order valence-electron chi connectivity index (χ2n) is 4.15. The molecule has 2 nitrogen and oxygen atoms in total.